The second-order valence-corrected chi connectivity index (χ2v) is 8.82. The molecule has 0 bridgehead atoms. The van der Waals surface area contributed by atoms with Crippen LogP contribution in [0.4, 0.5) is 0 Å². The van der Waals surface area contributed by atoms with Gasteiger partial charge in [-0.2, -0.15) is 0 Å². The monoisotopic (exact) mass is 415 g/mol. The number of carbonyl (C=O) groups is 1. The van der Waals surface area contributed by atoms with Gasteiger partial charge in [-0.1, -0.05) is 30.3 Å². The van der Waals surface area contributed by atoms with Crippen LogP contribution >= 0.6 is 0 Å². The van der Waals surface area contributed by atoms with Crippen LogP contribution in [0.2, 0.25) is 0 Å². The van der Waals surface area contributed by atoms with E-state index in [1.807, 2.05) is 53.7 Å². The first-order valence-electron chi connectivity index (χ1n) is 11.2. The smallest absolute Gasteiger partial charge is 0.270 e. The lowest BCUT2D eigenvalue weighted by Crippen LogP contribution is -2.35. The van der Waals surface area contributed by atoms with E-state index in [1.165, 1.54) is 12.8 Å². The van der Waals surface area contributed by atoms with Gasteiger partial charge < -0.3 is 14.4 Å². The molecule has 1 aromatic carbocycles. The summed E-state index contributed by atoms with van der Waals surface area (Å²) in [6, 6.07) is 12.0. The first-order valence-corrected chi connectivity index (χ1v) is 11.2. The van der Waals surface area contributed by atoms with Crippen molar-refractivity contribution in [1.29, 1.82) is 0 Å². The van der Waals surface area contributed by atoms with Crippen molar-refractivity contribution in [3.8, 4) is 22.5 Å². The Morgan fingerprint density at radius 1 is 0.968 bits per heavy atom. The summed E-state index contributed by atoms with van der Waals surface area (Å²) in [5.74, 6) is 1.55. The van der Waals surface area contributed by atoms with E-state index in [0.29, 0.717) is 11.7 Å². The van der Waals surface area contributed by atoms with E-state index >= 15 is 0 Å². The van der Waals surface area contributed by atoms with Crippen LogP contribution in [-0.2, 0) is 6.54 Å². The molecule has 6 heteroatoms. The van der Waals surface area contributed by atoms with E-state index in [2.05, 4.69) is 32.7 Å². The summed E-state index contributed by atoms with van der Waals surface area (Å²) in [5.41, 5.74) is 3.75. The van der Waals surface area contributed by atoms with Crippen molar-refractivity contribution in [3.05, 3.63) is 60.7 Å². The summed E-state index contributed by atoms with van der Waals surface area (Å²) >= 11 is 0. The summed E-state index contributed by atoms with van der Waals surface area (Å²) < 4.78 is 2.16. The normalized spacial score (nSPS) is 17.5. The fraction of sp³-hybridized carbons (Fsp3) is 0.400. The molecule has 0 N–H and O–H groups in total. The Morgan fingerprint density at radius 2 is 1.74 bits per heavy atom. The molecule has 3 aromatic rings. The van der Waals surface area contributed by atoms with Crippen LogP contribution in [0.15, 0.2) is 55.0 Å². The van der Waals surface area contributed by atoms with Gasteiger partial charge in [0.15, 0.2) is 5.82 Å². The molecule has 0 unspecified atom stereocenters. The van der Waals surface area contributed by atoms with E-state index in [4.69, 9.17) is 0 Å². The molecule has 2 aromatic heterocycles. The Hall–Kier alpha value is -2.99. The van der Waals surface area contributed by atoms with Crippen LogP contribution in [0, 0.1) is 5.92 Å². The van der Waals surface area contributed by atoms with Gasteiger partial charge in [-0.05, 0) is 44.8 Å². The van der Waals surface area contributed by atoms with Gasteiger partial charge in [-0.15, -0.1) is 0 Å². The second-order valence-electron chi connectivity index (χ2n) is 8.82. The molecule has 1 aliphatic heterocycles. The van der Waals surface area contributed by atoms with Crippen molar-refractivity contribution >= 4 is 5.91 Å². The fourth-order valence-corrected chi connectivity index (χ4v) is 4.20. The predicted octanol–water partition coefficient (Wildman–Crippen LogP) is 3.80. The average molecular weight is 416 g/mol. The summed E-state index contributed by atoms with van der Waals surface area (Å²) in [6.07, 6.45) is 9.36. The van der Waals surface area contributed by atoms with Crippen LogP contribution in [0.1, 0.15) is 29.8 Å². The lowest BCUT2D eigenvalue weighted by molar-refractivity contribution is 0.0751. The number of carbonyl (C=O) groups excluding carboxylic acids is 1. The molecule has 0 spiro atoms. The summed E-state index contributed by atoms with van der Waals surface area (Å²) in [5, 5.41) is 0. The van der Waals surface area contributed by atoms with Crippen molar-refractivity contribution in [2.45, 2.75) is 25.8 Å². The lowest BCUT2D eigenvalue weighted by atomic mass is 10.1. The number of rotatable bonds is 5. The number of likely N-dealkylation sites (N-methyl/N-ethyl adjacent to an activating group) is 1. The molecule has 1 saturated heterocycles. The van der Waals surface area contributed by atoms with Crippen LogP contribution < -0.4 is 0 Å². The van der Waals surface area contributed by atoms with Crippen molar-refractivity contribution < 1.29 is 4.79 Å². The van der Waals surface area contributed by atoms with Crippen LogP contribution in [-0.4, -0.2) is 63.5 Å². The zero-order valence-corrected chi connectivity index (χ0v) is 18.1. The largest absolute Gasteiger partial charge is 0.343 e. The van der Waals surface area contributed by atoms with Gasteiger partial charge in [0.25, 0.3) is 5.91 Å². The van der Waals surface area contributed by atoms with Gasteiger partial charge in [0, 0.05) is 61.5 Å². The van der Waals surface area contributed by atoms with Gasteiger partial charge in [-0.25, -0.2) is 9.97 Å². The molecular formula is C25H29N5O. The van der Waals surface area contributed by atoms with Crippen molar-refractivity contribution in [2.75, 3.05) is 33.2 Å². The van der Waals surface area contributed by atoms with Gasteiger partial charge >= 0.3 is 0 Å². The molecule has 5 rings (SSSR count). The third kappa shape index (κ3) is 4.54. The molecule has 1 saturated carbocycles. The molecule has 160 valence electrons. The number of amides is 1. The topological polar surface area (TPSA) is 54.3 Å². The van der Waals surface area contributed by atoms with E-state index in [9.17, 15) is 4.79 Å². The number of aromatic nitrogens is 3. The summed E-state index contributed by atoms with van der Waals surface area (Å²) in [6.45, 7) is 4.49. The van der Waals surface area contributed by atoms with Crippen LogP contribution in [0.25, 0.3) is 22.5 Å². The first-order chi connectivity index (χ1) is 15.2. The first kappa shape index (κ1) is 19.9. The van der Waals surface area contributed by atoms with Gasteiger partial charge in [-0.3, -0.25) is 4.79 Å². The maximum absolute atomic E-state index is 13.4. The minimum atomic E-state index is 0.143. The van der Waals surface area contributed by atoms with Crippen LogP contribution in [0.3, 0.4) is 0 Å². The highest BCUT2D eigenvalue weighted by Crippen LogP contribution is 2.33. The van der Waals surface area contributed by atoms with Gasteiger partial charge in [0.05, 0.1) is 0 Å². The highest BCUT2D eigenvalue weighted by molar-refractivity contribution is 5.94. The Labute approximate surface area is 183 Å². The molecular weight excluding hydrogens is 386 g/mol. The number of hydrogen-bond donors (Lipinski definition) is 0. The van der Waals surface area contributed by atoms with E-state index in [1.54, 1.807) is 0 Å². The third-order valence-corrected chi connectivity index (χ3v) is 6.29. The Kier molecular flexibility index (Phi) is 5.55. The highest BCUT2D eigenvalue weighted by atomic mass is 16.2. The van der Waals surface area contributed by atoms with Crippen molar-refractivity contribution in [2.24, 2.45) is 5.92 Å². The van der Waals surface area contributed by atoms with Crippen molar-refractivity contribution in [1.82, 2.24) is 24.3 Å². The Balaban J connectivity index is 1.42. The second kappa shape index (κ2) is 8.63. The standard InChI is InChI=1S/C25H29N5O/c1-28-10-5-11-29(13-12-28)25(31)23-14-21(18-30(23)17-19-8-9-19)22-15-26-24(27-16-22)20-6-3-2-4-7-20/h2-4,6-7,14-16,18-19H,5,8-13,17H2,1H3. The molecule has 31 heavy (non-hydrogen) atoms. The maximum Gasteiger partial charge on any atom is 0.270 e. The van der Waals surface area contributed by atoms with Crippen molar-refractivity contribution in [3.63, 3.8) is 0 Å². The lowest BCUT2D eigenvalue weighted by Gasteiger charge is -2.21. The molecule has 2 fully saturated rings. The predicted molar refractivity (Wildman–Crippen MR) is 122 cm³/mol. The Morgan fingerprint density at radius 3 is 2.48 bits per heavy atom. The molecule has 1 aliphatic carbocycles. The van der Waals surface area contributed by atoms with Gasteiger partial charge in [0.1, 0.15) is 5.69 Å². The molecule has 0 radical (unpaired) electrons. The van der Waals surface area contributed by atoms with Crippen LogP contribution in [0.5, 0.6) is 0 Å². The number of benzene rings is 1. The van der Waals surface area contributed by atoms with E-state index < -0.39 is 0 Å². The summed E-state index contributed by atoms with van der Waals surface area (Å²) in [7, 11) is 2.13. The quantitative estimate of drug-likeness (QED) is 0.636. The molecule has 1 amide bonds. The third-order valence-electron chi connectivity index (χ3n) is 6.29. The number of nitrogens with zero attached hydrogens (tertiary/aromatic N) is 5. The fourth-order valence-electron chi connectivity index (χ4n) is 4.20. The minimum absolute atomic E-state index is 0.143. The summed E-state index contributed by atoms with van der Waals surface area (Å²) in [4.78, 5) is 26.9. The van der Waals surface area contributed by atoms with E-state index in [0.717, 1.165) is 61.5 Å². The van der Waals surface area contributed by atoms with Gasteiger partial charge in [0.2, 0.25) is 0 Å². The molecule has 0 atom stereocenters. The number of hydrogen-bond acceptors (Lipinski definition) is 4. The minimum Gasteiger partial charge on any atom is -0.343 e. The maximum atomic E-state index is 13.4. The van der Waals surface area contributed by atoms with E-state index in [-0.39, 0.29) is 5.91 Å². The Bertz CT molecular complexity index is 1040. The molecule has 2 aliphatic rings. The average Bonchev–Trinajstić information content (AvgIpc) is 3.56. The highest BCUT2D eigenvalue weighted by Gasteiger charge is 2.27. The SMILES string of the molecule is CN1CCCN(C(=O)c2cc(-c3cnc(-c4ccccc4)nc3)cn2CC2CC2)CC1. The molecule has 3 heterocycles. The molecule has 6 nitrogen and oxygen atoms in total. The zero-order valence-electron chi connectivity index (χ0n) is 18.1. The zero-order chi connectivity index (χ0) is 21.2.